The average Bonchev–Trinajstić information content (AvgIpc) is 2.71. The van der Waals surface area contributed by atoms with E-state index in [1.165, 1.54) is 0 Å². The van der Waals surface area contributed by atoms with Crippen LogP contribution in [0.3, 0.4) is 0 Å². The van der Waals surface area contributed by atoms with Crippen LogP contribution in [0.15, 0.2) is 0 Å². The fourth-order valence-electron chi connectivity index (χ4n) is 3.39. The summed E-state index contributed by atoms with van der Waals surface area (Å²) in [6.45, 7) is 10.4. The van der Waals surface area contributed by atoms with Crippen molar-refractivity contribution >= 4 is 12.1 Å². The Bertz CT molecular complexity index is 432. The molecule has 6 heteroatoms. The third-order valence-electron chi connectivity index (χ3n) is 4.44. The van der Waals surface area contributed by atoms with Crippen LogP contribution in [0.1, 0.15) is 40.5 Å². The molecule has 0 aromatic carbocycles. The van der Waals surface area contributed by atoms with Crippen LogP contribution in [0.5, 0.6) is 0 Å². The Morgan fingerprint density at radius 3 is 2.73 bits per heavy atom. The van der Waals surface area contributed by atoms with Gasteiger partial charge < -0.3 is 19.7 Å². The fraction of sp³-hybridized carbons (Fsp3) is 0.875. The number of nitrogens with one attached hydrogen (secondary N) is 1. The van der Waals surface area contributed by atoms with Crippen LogP contribution in [0, 0.1) is 11.3 Å². The van der Waals surface area contributed by atoms with Crippen LogP contribution in [0.25, 0.3) is 0 Å². The lowest BCUT2D eigenvalue weighted by Crippen LogP contribution is -2.44. The maximum atomic E-state index is 12.5. The van der Waals surface area contributed by atoms with E-state index in [-0.39, 0.29) is 18.0 Å². The molecule has 2 aliphatic rings. The van der Waals surface area contributed by atoms with E-state index in [1.807, 2.05) is 27.7 Å². The number of carbonyl (C=O) groups excluding carboxylic acids is 2. The van der Waals surface area contributed by atoms with Gasteiger partial charge in [0.05, 0.1) is 12.0 Å². The van der Waals surface area contributed by atoms with E-state index < -0.39 is 11.0 Å². The second kappa shape index (κ2) is 6.44. The third-order valence-corrected chi connectivity index (χ3v) is 4.44. The topological polar surface area (TPSA) is 67.9 Å². The molecule has 2 heterocycles. The normalized spacial score (nSPS) is 28.7. The van der Waals surface area contributed by atoms with Gasteiger partial charge in [0, 0.05) is 32.1 Å². The first-order valence-corrected chi connectivity index (χ1v) is 8.14. The van der Waals surface area contributed by atoms with Gasteiger partial charge in [-0.25, -0.2) is 4.79 Å². The molecule has 2 atom stereocenters. The van der Waals surface area contributed by atoms with E-state index in [1.54, 1.807) is 4.90 Å². The molecule has 22 heavy (non-hydrogen) atoms. The van der Waals surface area contributed by atoms with Crippen LogP contribution >= 0.6 is 0 Å². The first-order valence-electron chi connectivity index (χ1n) is 8.14. The van der Waals surface area contributed by atoms with Gasteiger partial charge in [-0.05, 0) is 40.5 Å². The Labute approximate surface area is 132 Å². The lowest BCUT2D eigenvalue weighted by molar-refractivity contribution is -0.157. The van der Waals surface area contributed by atoms with E-state index in [9.17, 15) is 9.59 Å². The number of esters is 1. The monoisotopic (exact) mass is 312 g/mol. The third kappa shape index (κ3) is 3.54. The first kappa shape index (κ1) is 17.1. The molecule has 0 unspecified atom stereocenters. The lowest BCUT2D eigenvalue weighted by atomic mass is 9.75. The summed E-state index contributed by atoms with van der Waals surface area (Å²) < 4.78 is 10.8. The Hall–Kier alpha value is -1.30. The van der Waals surface area contributed by atoms with Crippen LogP contribution in [0.2, 0.25) is 0 Å². The maximum absolute atomic E-state index is 12.5. The highest BCUT2D eigenvalue weighted by Crippen LogP contribution is 2.40. The van der Waals surface area contributed by atoms with Crippen LogP contribution < -0.4 is 5.32 Å². The molecule has 2 aliphatic heterocycles. The molecule has 0 saturated carbocycles. The molecule has 1 amide bonds. The largest absolute Gasteiger partial charge is 0.466 e. The summed E-state index contributed by atoms with van der Waals surface area (Å²) in [5, 5.41) is 3.30. The molecule has 0 spiro atoms. The smallest absolute Gasteiger partial charge is 0.410 e. The van der Waals surface area contributed by atoms with Gasteiger partial charge in [-0.15, -0.1) is 0 Å². The highest BCUT2D eigenvalue weighted by Gasteiger charge is 2.52. The minimum Gasteiger partial charge on any atom is -0.466 e. The van der Waals surface area contributed by atoms with Crippen molar-refractivity contribution in [2.24, 2.45) is 11.3 Å². The van der Waals surface area contributed by atoms with Gasteiger partial charge in [0.15, 0.2) is 0 Å². The van der Waals surface area contributed by atoms with Crippen LogP contribution in [0.4, 0.5) is 4.79 Å². The number of nitrogens with zero attached hydrogens (tertiary/aromatic N) is 1. The molecule has 126 valence electrons. The summed E-state index contributed by atoms with van der Waals surface area (Å²) in [5.74, 6) is -0.0439. The highest BCUT2D eigenvalue weighted by molar-refractivity contribution is 5.78. The Kier molecular flexibility index (Phi) is 5.00. The SMILES string of the molecule is CCOC(=O)[C@]12CCCN(C(=O)OC(C)(C)C)C[C@H]1CNC2. The zero-order valence-corrected chi connectivity index (χ0v) is 14.1. The second-order valence-corrected chi connectivity index (χ2v) is 7.23. The second-order valence-electron chi connectivity index (χ2n) is 7.23. The zero-order chi connectivity index (χ0) is 16.4. The summed E-state index contributed by atoms with van der Waals surface area (Å²) in [6, 6.07) is 0. The Morgan fingerprint density at radius 2 is 2.09 bits per heavy atom. The molecule has 2 saturated heterocycles. The maximum Gasteiger partial charge on any atom is 0.410 e. The van der Waals surface area contributed by atoms with Gasteiger partial charge in [-0.1, -0.05) is 0 Å². The van der Waals surface area contributed by atoms with E-state index in [4.69, 9.17) is 9.47 Å². The number of hydrogen-bond acceptors (Lipinski definition) is 5. The van der Waals surface area contributed by atoms with Gasteiger partial charge >= 0.3 is 12.1 Å². The number of rotatable bonds is 2. The standard InChI is InChI=1S/C16H28N2O4/c1-5-21-13(19)16-7-6-8-18(10-12(16)9-17-11-16)14(20)22-15(2,3)4/h12,17H,5-11H2,1-4H3/t12-,16+/m1/s1. The predicted molar refractivity (Wildman–Crippen MR) is 82.5 cm³/mol. The number of hydrogen-bond donors (Lipinski definition) is 1. The molecule has 0 aromatic heterocycles. The summed E-state index contributed by atoms with van der Waals surface area (Å²) in [4.78, 5) is 26.5. The van der Waals surface area contributed by atoms with E-state index in [0.29, 0.717) is 26.2 Å². The van der Waals surface area contributed by atoms with Crippen molar-refractivity contribution in [1.82, 2.24) is 10.2 Å². The van der Waals surface area contributed by atoms with Gasteiger partial charge in [-0.3, -0.25) is 4.79 Å². The molecule has 1 N–H and O–H groups in total. The molecule has 0 bridgehead atoms. The van der Waals surface area contributed by atoms with Crippen molar-refractivity contribution in [2.75, 3.05) is 32.8 Å². The number of amides is 1. The van der Waals surface area contributed by atoms with Gasteiger partial charge in [0.1, 0.15) is 5.60 Å². The summed E-state index contributed by atoms with van der Waals surface area (Å²) in [6.07, 6.45) is 1.25. The van der Waals surface area contributed by atoms with Crippen molar-refractivity contribution in [3.05, 3.63) is 0 Å². The summed E-state index contributed by atoms with van der Waals surface area (Å²) in [7, 11) is 0. The van der Waals surface area contributed by atoms with E-state index in [2.05, 4.69) is 5.32 Å². The first-order chi connectivity index (χ1) is 10.3. The van der Waals surface area contributed by atoms with Gasteiger partial charge in [0.2, 0.25) is 0 Å². The predicted octanol–water partition coefficient (Wildman–Crippen LogP) is 1.79. The molecular formula is C16H28N2O4. The van der Waals surface area contributed by atoms with Crippen molar-refractivity contribution in [3.63, 3.8) is 0 Å². The minimum atomic E-state index is -0.504. The van der Waals surface area contributed by atoms with Gasteiger partial charge in [-0.2, -0.15) is 0 Å². The van der Waals surface area contributed by atoms with Crippen LogP contribution in [-0.4, -0.2) is 55.3 Å². The summed E-state index contributed by atoms with van der Waals surface area (Å²) >= 11 is 0. The fourth-order valence-corrected chi connectivity index (χ4v) is 3.39. The zero-order valence-electron chi connectivity index (χ0n) is 14.1. The molecule has 0 radical (unpaired) electrons. The van der Waals surface area contributed by atoms with Crippen molar-refractivity contribution in [2.45, 2.75) is 46.1 Å². The number of likely N-dealkylation sites (tertiary alicyclic amines) is 1. The molecule has 0 aromatic rings. The van der Waals surface area contributed by atoms with Gasteiger partial charge in [0.25, 0.3) is 0 Å². The Balaban J connectivity index is 2.11. The van der Waals surface area contributed by atoms with Crippen LogP contribution in [-0.2, 0) is 14.3 Å². The lowest BCUT2D eigenvalue weighted by Gasteiger charge is -2.32. The number of ether oxygens (including phenoxy) is 2. The average molecular weight is 312 g/mol. The molecular weight excluding hydrogens is 284 g/mol. The van der Waals surface area contributed by atoms with Crippen molar-refractivity contribution in [3.8, 4) is 0 Å². The highest BCUT2D eigenvalue weighted by atomic mass is 16.6. The Morgan fingerprint density at radius 1 is 1.36 bits per heavy atom. The summed E-state index contributed by atoms with van der Waals surface area (Å²) in [5.41, 5.74) is -0.998. The van der Waals surface area contributed by atoms with E-state index in [0.717, 1.165) is 19.4 Å². The minimum absolute atomic E-state index is 0.0848. The molecule has 2 fully saturated rings. The van der Waals surface area contributed by atoms with Crippen molar-refractivity contribution in [1.29, 1.82) is 0 Å². The van der Waals surface area contributed by atoms with Crippen molar-refractivity contribution < 1.29 is 19.1 Å². The quantitative estimate of drug-likeness (QED) is 0.787. The van der Waals surface area contributed by atoms with E-state index >= 15 is 0 Å². The number of carbonyl (C=O) groups is 2. The number of fused-ring (bicyclic) bond motifs is 1. The molecule has 2 rings (SSSR count). The molecule has 0 aliphatic carbocycles. The molecule has 6 nitrogen and oxygen atoms in total.